The van der Waals surface area contributed by atoms with E-state index < -0.39 is 5.97 Å². The van der Waals surface area contributed by atoms with Crippen molar-refractivity contribution in [1.82, 2.24) is 4.90 Å². The van der Waals surface area contributed by atoms with Crippen LogP contribution >= 0.6 is 0 Å². The average molecular weight is 255 g/mol. The second kappa shape index (κ2) is 8.52. The first-order valence-corrected chi connectivity index (χ1v) is 7.62. The minimum atomic E-state index is -0.632. The highest BCUT2D eigenvalue weighted by atomic mass is 16.4. The van der Waals surface area contributed by atoms with Crippen LogP contribution in [0.1, 0.15) is 65.2 Å². The first-order valence-electron chi connectivity index (χ1n) is 7.62. The molecule has 0 aromatic rings. The average Bonchev–Trinajstić information content (AvgIpc) is 2.35. The van der Waals surface area contributed by atoms with E-state index in [1.54, 1.807) is 0 Å². The summed E-state index contributed by atoms with van der Waals surface area (Å²) in [7, 11) is 0. The van der Waals surface area contributed by atoms with Crippen LogP contribution in [0.2, 0.25) is 0 Å². The van der Waals surface area contributed by atoms with Crippen LogP contribution in [-0.4, -0.2) is 35.1 Å². The zero-order valence-electron chi connectivity index (χ0n) is 12.0. The fraction of sp³-hybridized carbons (Fsp3) is 0.933. The molecular weight excluding hydrogens is 226 g/mol. The molecule has 3 nitrogen and oxygen atoms in total. The van der Waals surface area contributed by atoms with Crippen LogP contribution in [0.5, 0.6) is 0 Å². The van der Waals surface area contributed by atoms with Crippen LogP contribution in [0.15, 0.2) is 0 Å². The molecule has 0 radical (unpaired) electrons. The number of carbonyl (C=O) groups is 1. The van der Waals surface area contributed by atoms with Gasteiger partial charge in [-0.3, -0.25) is 9.69 Å². The van der Waals surface area contributed by atoms with Crippen molar-refractivity contribution >= 4 is 5.97 Å². The molecule has 0 spiro atoms. The second-order valence-electron chi connectivity index (χ2n) is 5.79. The molecule has 1 saturated heterocycles. The van der Waals surface area contributed by atoms with Gasteiger partial charge in [0.2, 0.25) is 0 Å². The van der Waals surface area contributed by atoms with E-state index in [0.29, 0.717) is 5.92 Å². The molecule has 0 amide bonds. The predicted molar refractivity (Wildman–Crippen MR) is 74.8 cm³/mol. The third-order valence-electron chi connectivity index (χ3n) is 4.06. The van der Waals surface area contributed by atoms with Crippen LogP contribution in [-0.2, 0) is 4.79 Å². The van der Waals surface area contributed by atoms with Gasteiger partial charge in [-0.15, -0.1) is 0 Å². The van der Waals surface area contributed by atoms with Crippen LogP contribution in [0.4, 0.5) is 0 Å². The van der Waals surface area contributed by atoms with E-state index in [1.165, 1.54) is 32.1 Å². The van der Waals surface area contributed by atoms with Gasteiger partial charge in [0.05, 0.1) is 0 Å². The molecule has 1 aliphatic rings. The number of rotatable bonds is 8. The fourth-order valence-corrected chi connectivity index (χ4v) is 2.81. The summed E-state index contributed by atoms with van der Waals surface area (Å²) >= 11 is 0. The van der Waals surface area contributed by atoms with Gasteiger partial charge in [-0.2, -0.15) is 0 Å². The van der Waals surface area contributed by atoms with Gasteiger partial charge in [-0.1, -0.05) is 46.0 Å². The predicted octanol–water partition coefficient (Wildman–Crippen LogP) is 3.53. The number of hydrogen-bond acceptors (Lipinski definition) is 2. The minimum Gasteiger partial charge on any atom is -0.480 e. The monoisotopic (exact) mass is 255 g/mol. The Morgan fingerprint density at radius 3 is 2.56 bits per heavy atom. The minimum absolute atomic E-state index is 0.232. The van der Waals surface area contributed by atoms with Crippen molar-refractivity contribution < 1.29 is 9.90 Å². The summed E-state index contributed by atoms with van der Waals surface area (Å²) in [6.07, 6.45) is 9.63. The number of unbranched alkanes of at least 4 members (excludes halogenated alkanes) is 5. The largest absolute Gasteiger partial charge is 0.480 e. The molecule has 2 atom stereocenters. The molecule has 0 aromatic heterocycles. The Morgan fingerprint density at radius 1 is 1.22 bits per heavy atom. The smallest absolute Gasteiger partial charge is 0.320 e. The Kier molecular flexibility index (Phi) is 7.33. The van der Waals surface area contributed by atoms with E-state index in [2.05, 4.69) is 18.7 Å². The molecule has 106 valence electrons. The highest BCUT2D eigenvalue weighted by Gasteiger charge is 2.30. The molecule has 2 unspecified atom stereocenters. The Labute approximate surface area is 112 Å². The van der Waals surface area contributed by atoms with E-state index in [9.17, 15) is 9.90 Å². The Bertz CT molecular complexity index is 243. The summed E-state index contributed by atoms with van der Waals surface area (Å²) < 4.78 is 0. The maximum Gasteiger partial charge on any atom is 0.320 e. The third-order valence-corrected chi connectivity index (χ3v) is 4.06. The van der Waals surface area contributed by atoms with E-state index in [4.69, 9.17) is 0 Å². The first-order chi connectivity index (χ1) is 8.65. The van der Waals surface area contributed by atoms with Crippen molar-refractivity contribution in [3.8, 4) is 0 Å². The second-order valence-corrected chi connectivity index (χ2v) is 5.79. The highest BCUT2D eigenvalue weighted by Crippen LogP contribution is 2.23. The van der Waals surface area contributed by atoms with Gasteiger partial charge < -0.3 is 5.11 Å². The summed E-state index contributed by atoms with van der Waals surface area (Å²) in [5.41, 5.74) is 0. The molecule has 1 N–H and O–H groups in total. The van der Waals surface area contributed by atoms with Gasteiger partial charge >= 0.3 is 5.97 Å². The molecule has 1 rings (SSSR count). The van der Waals surface area contributed by atoms with Crippen molar-refractivity contribution in [1.29, 1.82) is 0 Å². The van der Waals surface area contributed by atoms with Gasteiger partial charge in [0.25, 0.3) is 0 Å². The topological polar surface area (TPSA) is 40.5 Å². The molecule has 0 bridgehead atoms. The zero-order valence-corrected chi connectivity index (χ0v) is 12.0. The van der Waals surface area contributed by atoms with E-state index in [-0.39, 0.29) is 6.04 Å². The zero-order chi connectivity index (χ0) is 13.4. The lowest BCUT2D eigenvalue weighted by Crippen LogP contribution is -2.47. The number of piperidine rings is 1. The van der Waals surface area contributed by atoms with Crippen molar-refractivity contribution in [2.45, 2.75) is 71.3 Å². The van der Waals surface area contributed by atoms with Gasteiger partial charge in [0.15, 0.2) is 0 Å². The number of hydrogen-bond donors (Lipinski definition) is 1. The Hall–Kier alpha value is -0.570. The number of nitrogens with zero attached hydrogens (tertiary/aromatic N) is 1. The SMILES string of the molecule is CCCCCCCCN1CCC(C)CC1C(=O)O. The lowest BCUT2D eigenvalue weighted by Gasteiger charge is -2.35. The molecule has 1 fully saturated rings. The van der Waals surface area contributed by atoms with Gasteiger partial charge in [0.1, 0.15) is 6.04 Å². The molecule has 1 heterocycles. The lowest BCUT2D eigenvalue weighted by atomic mass is 9.92. The molecular formula is C15H29NO2. The Morgan fingerprint density at radius 2 is 1.89 bits per heavy atom. The number of aliphatic carboxylic acids is 1. The highest BCUT2D eigenvalue weighted by molar-refractivity contribution is 5.73. The van der Waals surface area contributed by atoms with Crippen molar-refractivity contribution in [3.63, 3.8) is 0 Å². The van der Waals surface area contributed by atoms with Crippen LogP contribution in [0.3, 0.4) is 0 Å². The van der Waals surface area contributed by atoms with E-state index >= 15 is 0 Å². The summed E-state index contributed by atoms with van der Waals surface area (Å²) in [4.78, 5) is 13.4. The maximum atomic E-state index is 11.2. The standard InChI is InChI=1S/C15H29NO2/c1-3-4-5-6-7-8-10-16-11-9-13(2)12-14(16)15(17)18/h13-14H,3-12H2,1-2H3,(H,17,18). The molecule has 3 heteroatoms. The van der Waals surface area contributed by atoms with Crippen molar-refractivity contribution in [3.05, 3.63) is 0 Å². The number of likely N-dealkylation sites (tertiary alicyclic amines) is 1. The van der Waals surface area contributed by atoms with Crippen LogP contribution in [0.25, 0.3) is 0 Å². The van der Waals surface area contributed by atoms with Gasteiger partial charge in [-0.25, -0.2) is 0 Å². The van der Waals surface area contributed by atoms with Crippen LogP contribution in [0, 0.1) is 5.92 Å². The normalized spacial score (nSPS) is 25.2. The first kappa shape index (κ1) is 15.5. The fourth-order valence-electron chi connectivity index (χ4n) is 2.81. The summed E-state index contributed by atoms with van der Waals surface area (Å²) in [5, 5.41) is 9.26. The molecule has 18 heavy (non-hydrogen) atoms. The molecule has 0 aliphatic carbocycles. The van der Waals surface area contributed by atoms with Gasteiger partial charge in [-0.05, 0) is 38.3 Å². The number of carboxylic acids is 1. The Balaban J connectivity index is 2.20. The van der Waals surface area contributed by atoms with Crippen molar-refractivity contribution in [2.75, 3.05) is 13.1 Å². The van der Waals surface area contributed by atoms with Gasteiger partial charge in [0, 0.05) is 0 Å². The molecule has 0 aromatic carbocycles. The third kappa shape index (κ3) is 5.38. The summed E-state index contributed by atoms with van der Waals surface area (Å²) in [6.45, 7) is 6.33. The lowest BCUT2D eigenvalue weighted by molar-refractivity contribution is -0.145. The van der Waals surface area contributed by atoms with E-state index in [0.717, 1.165) is 32.4 Å². The summed E-state index contributed by atoms with van der Waals surface area (Å²) in [6, 6.07) is -0.232. The maximum absolute atomic E-state index is 11.2. The quantitative estimate of drug-likeness (QED) is 0.674. The van der Waals surface area contributed by atoms with E-state index in [1.807, 2.05) is 0 Å². The molecule has 1 aliphatic heterocycles. The number of carboxylic acid groups (broad SMARTS) is 1. The molecule has 0 saturated carbocycles. The summed E-state index contributed by atoms with van der Waals surface area (Å²) in [5.74, 6) is -0.0700. The van der Waals surface area contributed by atoms with Crippen LogP contribution < -0.4 is 0 Å². The van der Waals surface area contributed by atoms with Crippen molar-refractivity contribution in [2.24, 2.45) is 5.92 Å².